The zero-order valence-corrected chi connectivity index (χ0v) is 22.5. The number of fused-ring (bicyclic) bond motifs is 3. The summed E-state index contributed by atoms with van der Waals surface area (Å²) in [5, 5.41) is 7.04. The van der Waals surface area contributed by atoms with Crippen LogP contribution >= 0.6 is 0 Å². The molecule has 1 aliphatic heterocycles. The van der Waals surface area contributed by atoms with E-state index in [9.17, 15) is 9.59 Å². The van der Waals surface area contributed by atoms with Gasteiger partial charge in [0.15, 0.2) is 5.82 Å². The predicted molar refractivity (Wildman–Crippen MR) is 146 cm³/mol. The SMILES string of the molecule is CCc1c(-c2cc(Nc3cc(C)on3)c(=O)n(C)c2)ccnc1N1CCn2c(cc3c2CC(C)(C)C3)C1=O. The van der Waals surface area contributed by atoms with Gasteiger partial charge >= 0.3 is 0 Å². The average Bonchev–Trinajstić information content (AvgIpc) is 3.53. The highest BCUT2D eigenvalue weighted by Crippen LogP contribution is 2.40. The van der Waals surface area contributed by atoms with E-state index in [1.54, 1.807) is 30.8 Å². The maximum absolute atomic E-state index is 13.8. The number of aryl methyl sites for hydroxylation is 2. The standard InChI is InChI=1S/C29H32N6O3/c1-6-20-21(19-12-22(27(36)33(5)16-19)31-25-11-17(2)38-32-25)7-8-30-26(20)35-10-9-34-23(28(35)37)13-18-14-29(3,4)15-24(18)34/h7-8,11-13,16H,6,9-10,14-15H2,1-5H3,(H,31,32). The van der Waals surface area contributed by atoms with Crippen LogP contribution in [0.15, 0.2) is 46.0 Å². The van der Waals surface area contributed by atoms with Gasteiger partial charge in [-0.3, -0.25) is 14.5 Å². The Kier molecular flexibility index (Phi) is 5.55. The van der Waals surface area contributed by atoms with Gasteiger partial charge in [-0.25, -0.2) is 4.98 Å². The maximum Gasteiger partial charge on any atom is 0.276 e. The van der Waals surface area contributed by atoms with Crippen LogP contribution in [0.5, 0.6) is 0 Å². The van der Waals surface area contributed by atoms with Gasteiger partial charge in [0.05, 0.1) is 0 Å². The minimum absolute atomic E-state index is 0.00738. The molecule has 6 rings (SSSR count). The first-order valence-corrected chi connectivity index (χ1v) is 13.1. The Labute approximate surface area is 221 Å². The quantitative estimate of drug-likeness (QED) is 0.419. The van der Waals surface area contributed by atoms with Crippen LogP contribution in [0.3, 0.4) is 0 Å². The lowest BCUT2D eigenvalue weighted by Crippen LogP contribution is -2.41. The average molecular weight is 513 g/mol. The molecule has 0 saturated carbocycles. The molecular formula is C29H32N6O3. The molecule has 0 spiro atoms. The number of aromatic nitrogens is 4. The molecule has 9 heteroatoms. The number of carbonyl (C=O) groups excluding carboxylic acids is 1. The van der Waals surface area contributed by atoms with Gasteiger partial charge in [-0.1, -0.05) is 25.9 Å². The molecule has 38 heavy (non-hydrogen) atoms. The third-order valence-electron chi connectivity index (χ3n) is 7.65. The van der Waals surface area contributed by atoms with E-state index in [0.717, 1.165) is 41.8 Å². The van der Waals surface area contributed by atoms with Crippen LogP contribution in [0.1, 0.15) is 53.8 Å². The highest BCUT2D eigenvalue weighted by atomic mass is 16.5. The highest BCUT2D eigenvalue weighted by Gasteiger charge is 2.37. The second kappa shape index (κ2) is 8.72. The number of hydrogen-bond donors (Lipinski definition) is 1. The number of amides is 1. The van der Waals surface area contributed by atoms with E-state index in [2.05, 4.69) is 41.9 Å². The van der Waals surface area contributed by atoms with Gasteiger partial charge in [0.1, 0.15) is 23.0 Å². The third-order valence-corrected chi connectivity index (χ3v) is 7.65. The fourth-order valence-electron chi connectivity index (χ4n) is 5.96. The Balaban J connectivity index is 1.38. The number of hydrogen-bond acceptors (Lipinski definition) is 6. The number of anilines is 3. The van der Waals surface area contributed by atoms with Crippen molar-refractivity contribution in [3.63, 3.8) is 0 Å². The van der Waals surface area contributed by atoms with E-state index in [0.29, 0.717) is 36.0 Å². The van der Waals surface area contributed by atoms with E-state index >= 15 is 0 Å². The summed E-state index contributed by atoms with van der Waals surface area (Å²) in [7, 11) is 1.72. The zero-order valence-electron chi connectivity index (χ0n) is 22.5. The minimum atomic E-state index is -0.176. The lowest BCUT2D eigenvalue weighted by atomic mass is 9.90. The molecule has 5 heterocycles. The molecule has 4 aromatic heterocycles. The van der Waals surface area contributed by atoms with Crippen LogP contribution in [0.4, 0.5) is 17.3 Å². The topological polar surface area (TPSA) is 98.2 Å². The van der Waals surface area contributed by atoms with Gasteiger partial charge in [0.2, 0.25) is 0 Å². The van der Waals surface area contributed by atoms with Crippen LogP contribution in [0.2, 0.25) is 0 Å². The molecule has 1 N–H and O–H groups in total. The van der Waals surface area contributed by atoms with E-state index < -0.39 is 0 Å². The second-order valence-electron chi connectivity index (χ2n) is 11.1. The molecule has 2 aliphatic rings. The maximum atomic E-state index is 13.8. The van der Waals surface area contributed by atoms with E-state index in [-0.39, 0.29) is 16.9 Å². The zero-order chi connectivity index (χ0) is 26.8. The Bertz CT molecular complexity index is 1640. The van der Waals surface area contributed by atoms with Crippen LogP contribution in [0, 0.1) is 12.3 Å². The Hall–Kier alpha value is -4.14. The molecule has 1 aliphatic carbocycles. The van der Waals surface area contributed by atoms with Gasteiger partial charge in [-0.15, -0.1) is 0 Å². The molecule has 0 radical (unpaired) electrons. The van der Waals surface area contributed by atoms with Crippen molar-refractivity contribution in [3.05, 3.63) is 75.3 Å². The predicted octanol–water partition coefficient (Wildman–Crippen LogP) is 4.64. The molecule has 0 unspecified atom stereocenters. The summed E-state index contributed by atoms with van der Waals surface area (Å²) in [5.41, 5.74) is 6.57. The highest BCUT2D eigenvalue weighted by molar-refractivity contribution is 6.06. The van der Waals surface area contributed by atoms with Crippen LogP contribution in [0.25, 0.3) is 11.1 Å². The summed E-state index contributed by atoms with van der Waals surface area (Å²) in [4.78, 5) is 33.1. The van der Waals surface area contributed by atoms with Crippen molar-refractivity contribution in [2.45, 2.75) is 53.5 Å². The normalized spacial score (nSPS) is 16.0. The lowest BCUT2D eigenvalue weighted by molar-refractivity contribution is 0.0963. The molecule has 0 bridgehead atoms. The molecule has 9 nitrogen and oxygen atoms in total. The molecule has 0 saturated heterocycles. The van der Waals surface area contributed by atoms with Crippen LogP contribution in [-0.4, -0.2) is 31.7 Å². The summed E-state index contributed by atoms with van der Waals surface area (Å²) in [6.45, 7) is 9.76. The van der Waals surface area contributed by atoms with Crippen molar-refractivity contribution in [3.8, 4) is 11.1 Å². The lowest BCUT2D eigenvalue weighted by Gasteiger charge is -2.31. The largest absolute Gasteiger partial charge is 0.360 e. The van der Waals surface area contributed by atoms with E-state index in [1.807, 2.05) is 23.2 Å². The summed E-state index contributed by atoms with van der Waals surface area (Å²) >= 11 is 0. The van der Waals surface area contributed by atoms with Crippen LogP contribution in [-0.2, 0) is 32.9 Å². The fraction of sp³-hybridized carbons (Fsp3) is 0.379. The molecular weight excluding hydrogens is 480 g/mol. The molecule has 196 valence electrons. The summed E-state index contributed by atoms with van der Waals surface area (Å²) in [5.74, 6) is 1.80. The number of rotatable bonds is 5. The first-order chi connectivity index (χ1) is 18.1. The number of pyridine rings is 2. The van der Waals surface area contributed by atoms with Gasteiger partial charge in [-0.05, 0) is 60.9 Å². The Morgan fingerprint density at radius 2 is 1.95 bits per heavy atom. The van der Waals surface area contributed by atoms with Crippen LogP contribution < -0.4 is 15.8 Å². The van der Waals surface area contributed by atoms with Crippen molar-refractivity contribution >= 4 is 23.2 Å². The summed E-state index contributed by atoms with van der Waals surface area (Å²) in [6, 6.07) is 7.59. The number of nitrogens with zero attached hydrogens (tertiary/aromatic N) is 5. The van der Waals surface area contributed by atoms with E-state index in [4.69, 9.17) is 9.51 Å². The van der Waals surface area contributed by atoms with Gasteiger partial charge in [-0.2, -0.15) is 0 Å². The van der Waals surface area contributed by atoms with Crippen molar-refractivity contribution in [1.29, 1.82) is 0 Å². The molecule has 0 fully saturated rings. The number of carbonyl (C=O) groups is 1. The monoisotopic (exact) mass is 512 g/mol. The van der Waals surface area contributed by atoms with Crippen molar-refractivity contribution in [2.24, 2.45) is 12.5 Å². The fourth-order valence-corrected chi connectivity index (χ4v) is 5.96. The molecule has 0 aromatic carbocycles. The first kappa shape index (κ1) is 24.2. The second-order valence-corrected chi connectivity index (χ2v) is 11.1. The molecule has 4 aromatic rings. The molecule has 0 atom stereocenters. The van der Waals surface area contributed by atoms with Crippen molar-refractivity contribution in [1.82, 2.24) is 19.3 Å². The summed E-state index contributed by atoms with van der Waals surface area (Å²) < 4.78 is 8.90. The van der Waals surface area contributed by atoms with Gasteiger partial charge in [0.25, 0.3) is 11.5 Å². The Morgan fingerprint density at radius 1 is 1.13 bits per heavy atom. The minimum Gasteiger partial charge on any atom is -0.360 e. The van der Waals surface area contributed by atoms with Gasteiger partial charge < -0.3 is 19.0 Å². The third kappa shape index (κ3) is 3.93. The number of nitrogens with one attached hydrogen (secondary N) is 1. The van der Waals surface area contributed by atoms with E-state index in [1.165, 1.54) is 11.3 Å². The van der Waals surface area contributed by atoms with Crippen molar-refractivity contribution < 1.29 is 9.32 Å². The Morgan fingerprint density at radius 3 is 2.68 bits per heavy atom. The first-order valence-electron chi connectivity index (χ1n) is 13.1. The summed E-state index contributed by atoms with van der Waals surface area (Å²) in [6.07, 6.45) is 6.24. The molecule has 1 amide bonds. The van der Waals surface area contributed by atoms with Crippen molar-refractivity contribution in [2.75, 3.05) is 16.8 Å². The van der Waals surface area contributed by atoms with Gasteiger partial charge in [0, 0.05) is 55.4 Å². The smallest absolute Gasteiger partial charge is 0.276 e.